The van der Waals surface area contributed by atoms with Crippen molar-refractivity contribution in [2.75, 3.05) is 58.9 Å². The van der Waals surface area contributed by atoms with Crippen molar-refractivity contribution < 1.29 is 19.1 Å². The summed E-state index contributed by atoms with van der Waals surface area (Å²) in [7, 11) is 5.26. The van der Waals surface area contributed by atoms with Gasteiger partial charge in [0.1, 0.15) is 0 Å². The van der Waals surface area contributed by atoms with Crippen LogP contribution in [0.4, 0.5) is 5.69 Å². The lowest BCUT2D eigenvalue weighted by Crippen LogP contribution is -2.47. The number of ether oxygens (including phenoxy) is 2. The number of rotatable bonds is 5. The third kappa shape index (κ3) is 4.64. The standard InChI is InChI=1S/C30H32N6O4/c1-33-13-15-34(16-14-33)29(37)22-6-8-24-20(17-22)5-4-12-35(24)30(38)23-19-28-31-11-10-25(36(28)32-23)21-7-9-26(39-2)27(18-21)40-3/h6-11,17-19H,4-5,12-16H2,1-3H3. The van der Waals surface area contributed by atoms with Gasteiger partial charge in [0, 0.05) is 61.8 Å². The number of benzene rings is 2. The summed E-state index contributed by atoms with van der Waals surface area (Å²) in [6.07, 6.45) is 3.33. The van der Waals surface area contributed by atoms with E-state index >= 15 is 0 Å². The lowest BCUT2D eigenvalue weighted by Gasteiger charge is -2.33. The number of hydrogen-bond acceptors (Lipinski definition) is 7. The Bertz CT molecular complexity index is 1590. The fourth-order valence-corrected chi connectivity index (χ4v) is 5.49. The van der Waals surface area contributed by atoms with Crippen molar-refractivity contribution in [1.29, 1.82) is 0 Å². The van der Waals surface area contributed by atoms with Crippen molar-refractivity contribution in [2.45, 2.75) is 12.8 Å². The molecule has 0 N–H and O–H groups in total. The molecule has 2 aromatic heterocycles. The van der Waals surface area contributed by atoms with Crippen molar-refractivity contribution in [1.82, 2.24) is 24.4 Å². The molecule has 0 radical (unpaired) electrons. The number of methoxy groups -OCH3 is 2. The van der Waals surface area contributed by atoms with Crippen LogP contribution >= 0.6 is 0 Å². The van der Waals surface area contributed by atoms with Crippen LogP contribution in [0, 0.1) is 0 Å². The summed E-state index contributed by atoms with van der Waals surface area (Å²) in [5.41, 5.74) is 5.02. The summed E-state index contributed by atoms with van der Waals surface area (Å²) in [4.78, 5) is 37.3. The molecule has 4 heterocycles. The van der Waals surface area contributed by atoms with Gasteiger partial charge in [0.15, 0.2) is 22.8 Å². The van der Waals surface area contributed by atoms with Gasteiger partial charge in [0.2, 0.25) is 0 Å². The maximum absolute atomic E-state index is 13.8. The number of carbonyl (C=O) groups is 2. The zero-order valence-corrected chi connectivity index (χ0v) is 23.0. The normalized spacial score (nSPS) is 15.7. The van der Waals surface area contributed by atoms with E-state index in [2.05, 4.69) is 22.0 Å². The minimum Gasteiger partial charge on any atom is -0.493 e. The second kappa shape index (κ2) is 10.6. The number of piperazine rings is 1. The molecular formula is C30H32N6O4. The smallest absolute Gasteiger partial charge is 0.278 e. The van der Waals surface area contributed by atoms with Gasteiger partial charge in [-0.2, -0.15) is 5.10 Å². The van der Waals surface area contributed by atoms with Gasteiger partial charge in [-0.15, -0.1) is 0 Å². The van der Waals surface area contributed by atoms with E-state index in [1.807, 2.05) is 47.4 Å². The highest BCUT2D eigenvalue weighted by Gasteiger charge is 2.28. The summed E-state index contributed by atoms with van der Waals surface area (Å²) in [6, 6.07) is 14.9. The molecule has 0 bridgehead atoms. The number of hydrogen-bond donors (Lipinski definition) is 0. The maximum Gasteiger partial charge on any atom is 0.278 e. The van der Waals surface area contributed by atoms with Gasteiger partial charge in [-0.1, -0.05) is 0 Å². The number of carbonyl (C=O) groups excluding carboxylic acids is 2. The molecule has 0 saturated carbocycles. The first-order valence-electron chi connectivity index (χ1n) is 13.5. The average Bonchev–Trinajstić information content (AvgIpc) is 3.44. The van der Waals surface area contributed by atoms with E-state index < -0.39 is 0 Å². The van der Waals surface area contributed by atoms with Crippen molar-refractivity contribution in [3.63, 3.8) is 0 Å². The molecule has 0 spiro atoms. The number of nitrogens with zero attached hydrogens (tertiary/aromatic N) is 6. The third-order valence-electron chi connectivity index (χ3n) is 7.74. The number of aromatic nitrogens is 3. The molecule has 2 amide bonds. The lowest BCUT2D eigenvalue weighted by atomic mass is 9.98. The van der Waals surface area contributed by atoms with Crippen LogP contribution in [-0.2, 0) is 6.42 Å². The Morgan fingerprint density at radius 1 is 0.850 bits per heavy atom. The Morgan fingerprint density at radius 3 is 2.42 bits per heavy atom. The molecule has 2 aliphatic rings. The average molecular weight is 541 g/mol. The second-order valence-electron chi connectivity index (χ2n) is 10.2. The Balaban J connectivity index is 1.29. The highest BCUT2D eigenvalue weighted by atomic mass is 16.5. The fourth-order valence-electron chi connectivity index (χ4n) is 5.49. The van der Waals surface area contributed by atoms with Gasteiger partial charge in [-0.25, -0.2) is 9.50 Å². The van der Waals surface area contributed by atoms with Crippen molar-refractivity contribution in [3.8, 4) is 22.8 Å². The van der Waals surface area contributed by atoms with E-state index in [1.54, 1.807) is 35.9 Å². The van der Waals surface area contributed by atoms with Gasteiger partial charge in [-0.3, -0.25) is 9.59 Å². The Labute approximate surface area is 232 Å². The minimum atomic E-state index is -0.192. The number of amides is 2. The van der Waals surface area contributed by atoms with E-state index in [-0.39, 0.29) is 11.8 Å². The minimum absolute atomic E-state index is 0.0495. The van der Waals surface area contributed by atoms with E-state index in [9.17, 15) is 9.59 Å². The van der Waals surface area contributed by atoms with E-state index in [0.29, 0.717) is 34.9 Å². The van der Waals surface area contributed by atoms with Crippen LogP contribution in [0.25, 0.3) is 16.9 Å². The summed E-state index contributed by atoms with van der Waals surface area (Å²) in [5, 5.41) is 4.67. The summed E-state index contributed by atoms with van der Waals surface area (Å²) >= 11 is 0. The molecule has 0 atom stereocenters. The molecule has 206 valence electrons. The van der Waals surface area contributed by atoms with Crippen LogP contribution in [-0.4, -0.2) is 90.2 Å². The van der Waals surface area contributed by atoms with Gasteiger partial charge >= 0.3 is 0 Å². The molecular weight excluding hydrogens is 508 g/mol. The molecule has 10 heteroatoms. The summed E-state index contributed by atoms with van der Waals surface area (Å²) < 4.78 is 12.5. The van der Waals surface area contributed by atoms with Crippen molar-refractivity contribution in [2.24, 2.45) is 0 Å². The van der Waals surface area contributed by atoms with E-state index in [0.717, 1.165) is 61.5 Å². The van der Waals surface area contributed by atoms with Crippen LogP contribution in [0.15, 0.2) is 54.7 Å². The van der Waals surface area contributed by atoms with Gasteiger partial charge < -0.3 is 24.2 Å². The van der Waals surface area contributed by atoms with Crippen LogP contribution in [0.2, 0.25) is 0 Å². The monoisotopic (exact) mass is 540 g/mol. The second-order valence-corrected chi connectivity index (χ2v) is 10.2. The first-order valence-corrected chi connectivity index (χ1v) is 13.5. The number of likely N-dealkylation sites (N-methyl/N-ethyl adjacent to an activating group) is 1. The number of aryl methyl sites for hydroxylation is 1. The maximum atomic E-state index is 13.8. The molecule has 1 saturated heterocycles. The predicted molar refractivity (Wildman–Crippen MR) is 151 cm³/mol. The van der Waals surface area contributed by atoms with Crippen molar-refractivity contribution >= 4 is 23.1 Å². The highest BCUT2D eigenvalue weighted by Crippen LogP contribution is 2.33. The quantitative estimate of drug-likeness (QED) is 0.383. The first kappa shape index (κ1) is 25.8. The lowest BCUT2D eigenvalue weighted by molar-refractivity contribution is 0.0664. The Morgan fingerprint density at radius 2 is 1.65 bits per heavy atom. The zero-order chi connectivity index (χ0) is 27.8. The van der Waals surface area contributed by atoms with Crippen LogP contribution < -0.4 is 14.4 Å². The zero-order valence-electron chi connectivity index (χ0n) is 23.0. The predicted octanol–water partition coefficient (Wildman–Crippen LogP) is 3.39. The largest absolute Gasteiger partial charge is 0.493 e. The first-order chi connectivity index (χ1) is 19.5. The highest BCUT2D eigenvalue weighted by molar-refractivity contribution is 6.06. The van der Waals surface area contributed by atoms with E-state index in [1.165, 1.54) is 0 Å². The SMILES string of the molecule is COc1ccc(-c2ccnc3cc(C(=O)N4CCCc5cc(C(=O)N6CCN(C)CC6)ccc54)nn23)cc1OC. The third-order valence-corrected chi connectivity index (χ3v) is 7.74. The van der Waals surface area contributed by atoms with Gasteiger partial charge in [-0.05, 0) is 67.9 Å². The van der Waals surface area contributed by atoms with Crippen LogP contribution in [0.5, 0.6) is 11.5 Å². The van der Waals surface area contributed by atoms with Gasteiger partial charge in [0.05, 0.1) is 19.9 Å². The number of anilines is 1. The molecule has 6 rings (SSSR count). The summed E-state index contributed by atoms with van der Waals surface area (Å²) in [5.74, 6) is 1.09. The topological polar surface area (TPSA) is 92.5 Å². The number of fused-ring (bicyclic) bond motifs is 2. The molecule has 4 aromatic rings. The fraction of sp³-hybridized carbons (Fsp3) is 0.333. The molecule has 40 heavy (non-hydrogen) atoms. The van der Waals surface area contributed by atoms with Crippen molar-refractivity contribution in [3.05, 3.63) is 71.5 Å². The Kier molecular flexibility index (Phi) is 6.85. The summed E-state index contributed by atoms with van der Waals surface area (Å²) in [6.45, 7) is 3.79. The molecule has 2 aliphatic heterocycles. The van der Waals surface area contributed by atoms with Crippen LogP contribution in [0.3, 0.4) is 0 Å². The molecule has 0 aliphatic carbocycles. The molecule has 10 nitrogen and oxygen atoms in total. The van der Waals surface area contributed by atoms with Gasteiger partial charge in [0.25, 0.3) is 11.8 Å². The molecule has 2 aromatic carbocycles. The molecule has 0 unspecified atom stereocenters. The van der Waals surface area contributed by atoms with E-state index in [4.69, 9.17) is 9.47 Å². The molecule has 1 fully saturated rings. The Hall–Kier alpha value is -4.44. The van der Waals surface area contributed by atoms with Crippen LogP contribution in [0.1, 0.15) is 32.8 Å².